The van der Waals surface area contributed by atoms with Crippen molar-refractivity contribution in [1.29, 1.82) is 0 Å². The van der Waals surface area contributed by atoms with Gasteiger partial charge in [0.15, 0.2) is 5.78 Å². The summed E-state index contributed by atoms with van der Waals surface area (Å²) in [6.45, 7) is 8.96. The molecule has 6 nitrogen and oxygen atoms in total. The summed E-state index contributed by atoms with van der Waals surface area (Å²) in [6, 6.07) is 0. The minimum Gasteiger partial charge on any atom is -0.354 e. The molecule has 132 valence electrons. The van der Waals surface area contributed by atoms with Crippen molar-refractivity contribution in [2.75, 3.05) is 19.6 Å². The van der Waals surface area contributed by atoms with Crippen LogP contribution >= 0.6 is 0 Å². The standard InChI is InChI=1S/C18H27N3O3/c1-5-6-15-16(12(3)22)11(2)20-17(15)18(24)19-9-14-7-8-21(10-14)13(4)23/h14,20H,5-10H2,1-4H3,(H,19,24)/t14-/m0/s1. The lowest BCUT2D eigenvalue weighted by Crippen LogP contribution is -2.32. The van der Waals surface area contributed by atoms with Gasteiger partial charge in [-0.3, -0.25) is 14.4 Å². The van der Waals surface area contributed by atoms with Gasteiger partial charge < -0.3 is 15.2 Å². The lowest BCUT2D eigenvalue weighted by atomic mass is 10.0. The third-order valence-corrected chi connectivity index (χ3v) is 4.65. The molecule has 2 N–H and O–H groups in total. The Hall–Kier alpha value is -2.11. The van der Waals surface area contributed by atoms with Crippen molar-refractivity contribution < 1.29 is 14.4 Å². The third kappa shape index (κ3) is 3.86. The fourth-order valence-corrected chi connectivity index (χ4v) is 3.46. The smallest absolute Gasteiger partial charge is 0.268 e. The van der Waals surface area contributed by atoms with Crippen LogP contribution in [0.4, 0.5) is 0 Å². The van der Waals surface area contributed by atoms with Gasteiger partial charge in [0.2, 0.25) is 5.91 Å². The van der Waals surface area contributed by atoms with Crippen LogP contribution < -0.4 is 5.32 Å². The Morgan fingerprint density at radius 2 is 2.00 bits per heavy atom. The number of nitrogens with one attached hydrogen (secondary N) is 2. The molecule has 0 unspecified atom stereocenters. The number of aryl methyl sites for hydroxylation is 1. The van der Waals surface area contributed by atoms with E-state index in [9.17, 15) is 14.4 Å². The summed E-state index contributed by atoms with van der Waals surface area (Å²) in [5.74, 6) is 0.186. The van der Waals surface area contributed by atoms with Crippen LogP contribution in [-0.4, -0.2) is 47.1 Å². The largest absolute Gasteiger partial charge is 0.354 e. The number of Topliss-reactive ketones (excluding diaryl/α,β-unsaturated/α-hetero) is 1. The molecule has 1 aliphatic rings. The summed E-state index contributed by atoms with van der Waals surface area (Å²) >= 11 is 0. The molecular weight excluding hydrogens is 306 g/mol. The number of carbonyl (C=O) groups is 3. The van der Waals surface area contributed by atoms with Gasteiger partial charge in [0.25, 0.3) is 5.91 Å². The minimum atomic E-state index is -0.171. The summed E-state index contributed by atoms with van der Waals surface area (Å²) in [6.07, 6.45) is 2.47. The van der Waals surface area contributed by atoms with Crippen molar-refractivity contribution in [3.8, 4) is 0 Å². The zero-order chi connectivity index (χ0) is 17.9. The number of rotatable bonds is 6. The number of likely N-dealkylation sites (tertiary alicyclic amines) is 1. The number of aromatic amines is 1. The SMILES string of the molecule is CCCc1c(C(=O)NC[C@@H]2CCN(C(C)=O)C2)[nH]c(C)c1C(C)=O. The van der Waals surface area contributed by atoms with E-state index in [1.54, 1.807) is 6.92 Å². The van der Waals surface area contributed by atoms with Gasteiger partial charge in [-0.1, -0.05) is 13.3 Å². The number of nitrogens with zero attached hydrogens (tertiary/aromatic N) is 1. The monoisotopic (exact) mass is 333 g/mol. The lowest BCUT2D eigenvalue weighted by Gasteiger charge is -2.14. The fraction of sp³-hybridized carbons (Fsp3) is 0.611. The molecule has 2 rings (SSSR count). The molecule has 1 aromatic heterocycles. The highest BCUT2D eigenvalue weighted by atomic mass is 16.2. The van der Waals surface area contributed by atoms with E-state index in [0.717, 1.165) is 30.6 Å². The average molecular weight is 333 g/mol. The van der Waals surface area contributed by atoms with Gasteiger partial charge in [-0.2, -0.15) is 0 Å². The second-order valence-corrected chi connectivity index (χ2v) is 6.61. The highest BCUT2D eigenvalue weighted by molar-refractivity contribution is 6.02. The molecule has 6 heteroatoms. The zero-order valence-electron chi connectivity index (χ0n) is 15.0. The molecule has 1 saturated heterocycles. The van der Waals surface area contributed by atoms with Gasteiger partial charge in [0.05, 0.1) is 0 Å². The number of hydrogen-bond acceptors (Lipinski definition) is 3. The predicted molar refractivity (Wildman–Crippen MR) is 92.2 cm³/mol. The Morgan fingerprint density at radius 1 is 1.29 bits per heavy atom. The van der Waals surface area contributed by atoms with Crippen molar-refractivity contribution in [2.45, 2.75) is 47.0 Å². The maximum absolute atomic E-state index is 12.6. The lowest BCUT2D eigenvalue weighted by molar-refractivity contribution is -0.127. The first-order chi connectivity index (χ1) is 11.3. The summed E-state index contributed by atoms with van der Waals surface area (Å²) in [5.41, 5.74) is 2.71. The summed E-state index contributed by atoms with van der Waals surface area (Å²) in [7, 11) is 0. The van der Waals surface area contributed by atoms with E-state index in [2.05, 4.69) is 10.3 Å². The van der Waals surface area contributed by atoms with Crippen LogP contribution in [0.1, 0.15) is 65.7 Å². The molecule has 1 atom stereocenters. The number of aromatic nitrogens is 1. The Morgan fingerprint density at radius 3 is 2.54 bits per heavy atom. The minimum absolute atomic E-state index is 0.0147. The van der Waals surface area contributed by atoms with Crippen LogP contribution in [0.2, 0.25) is 0 Å². The number of carbonyl (C=O) groups excluding carboxylic acids is 3. The van der Waals surface area contributed by atoms with E-state index < -0.39 is 0 Å². The van der Waals surface area contributed by atoms with Gasteiger partial charge in [-0.25, -0.2) is 0 Å². The molecule has 0 radical (unpaired) electrons. The predicted octanol–water partition coefficient (Wildman–Crippen LogP) is 2.08. The molecule has 0 saturated carbocycles. The zero-order valence-corrected chi connectivity index (χ0v) is 15.0. The molecule has 1 fully saturated rings. The van der Waals surface area contributed by atoms with E-state index in [1.165, 1.54) is 6.92 Å². The van der Waals surface area contributed by atoms with E-state index in [0.29, 0.717) is 30.8 Å². The average Bonchev–Trinajstić information content (AvgIpc) is 3.10. The molecule has 0 aliphatic carbocycles. The molecule has 0 bridgehead atoms. The van der Waals surface area contributed by atoms with Crippen LogP contribution in [0.3, 0.4) is 0 Å². The summed E-state index contributed by atoms with van der Waals surface area (Å²) in [4.78, 5) is 40.7. The first-order valence-corrected chi connectivity index (χ1v) is 8.61. The first kappa shape index (κ1) is 18.2. The number of H-pyrrole nitrogens is 1. The van der Waals surface area contributed by atoms with Crippen LogP contribution in [0.15, 0.2) is 0 Å². The maximum atomic E-state index is 12.6. The molecular formula is C18H27N3O3. The maximum Gasteiger partial charge on any atom is 0.268 e. The quantitative estimate of drug-likeness (QED) is 0.782. The van der Waals surface area contributed by atoms with Crippen molar-refractivity contribution in [3.63, 3.8) is 0 Å². The van der Waals surface area contributed by atoms with Crippen molar-refractivity contribution >= 4 is 17.6 Å². The molecule has 0 aromatic carbocycles. The normalized spacial score (nSPS) is 17.2. The fourth-order valence-electron chi connectivity index (χ4n) is 3.46. The van der Waals surface area contributed by atoms with Gasteiger partial charge in [-0.15, -0.1) is 0 Å². The van der Waals surface area contributed by atoms with Crippen molar-refractivity contribution in [1.82, 2.24) is 15.2 Å². The van der Waals surface area contributed by atoms with Crippen LogP contribution in [0, 0.1) is 12.8 Å². The Labute approximate surface area is 143 Å². The topological polar surface area (TPSA) is 82.3 Å². The molecule has 24 heavy (non-hydrogen) atoms. The second-order valence-electron chi connectivity index (χ2n) is 6.61. The van der Waals surface area contributed by atoms with E-state index in [4.69, 9.17) is 0 Å². The Balaban J connectivity index is 2.06. The van der Waals surface area contributed by atoms with Gasteiger partial charge in [0, 0.05) is 37.8 Å². The van der Waals surface area contributed by atoms with Gasteiger partial charge >= 0.3 is 0 Å². The highest BCUT2D eigenvalue weighted by Crippen LogP contribution is 2.22. The summed E-state index contributed by atoms with van der Waals surface area (Å²) < 4.78 is 0. The first-order valence-electron chi connectivity index (χ1n) is 8.61. The molecule has 1 aromatic rings. The van der Waals surface area contributed by atoms with Gasteiger partial charge in [-0.05, 0) is 38.2 Å². The van der Waals surface area contributed by atoms with Crippen molar-refractivity contribution in [3.05, 3.63) is 22.5 Å². The highest BCUT2D eigenvalue weighted by Gasteiger charge is 2.26. The molecule has 2 amide bonds. The molecule has 1 aliphatic heterocycles. The Kier molecular flexibility index (Phi) is 5.80. The van der Waals surface area contributed by atoms with Crippen molar-refractivity contribution in [2.24, 2.45) is 5.92 Å². The van der Waals surface area contributed by atoms with E-state index in [-0.39, 0.29) is 23.5 Å². The molecule has 2 heterocycles. The number of hydrogen-bond donors (Lipinski definition) is 2. The Bertz CT molecular complexity index is 648. The summed E-state index contributed by atoms with van der Waals surface area (Å²) in [5, 5.41) is 2.96. The van der Waals surface area contributed by atoms with Crippen LogP contribution in [0.25, 0.3) is 0 Å². The van der Waals surface area contributed by atoms with Crippen LogP contribution in [0.5, 0.6) is 0 Å². The van der Waals surface area contributed by atoms with E-state index in [1.807, 2.05) is 18.7 Å². The number of amides is 2. The number of ketones is 1. The van der Waals surface area contributed by atoms with Crippen LogP contribution in [-0.2, 0) is 11.2 Å². The third-order valence-electron chi connectivity index (χ3n) is 4.65. The second kappa shape index (κ2) is 7.64. The van der Waals surface area contributed by atoms with E-state index >= 15 is 0 Å². The van der Waals surface area contributed by atoms with Gasteiger partial charge in [0.1, 0.15) is 5.69 Å². The molecule has 0 spiro atoms.